The summed E-state index contributed by atoms with van der Waals surface area (Å²) in [5.41, 5.74) is -0.420. The highest BCUT2D eigenvalue weighted by Crippen LogP contribution is 2.40. The molecule has 1 heterocycles. The van der Waals surface area contributed by atoms with Crippen LogP contribution in [0, 0.1) is 6.92 Å². The topological polar surface area (TPSA) is 44.1 Å². The van der Waals surface area contributed by atoms with E-state index in [9.17, 15) is 18.0 Å². The highest BCUT2D eigenvalue weighted by molar-refractivity contribution is 7.99. The van der Waals surface area contributed by atoms with E-state index in [2.05, 4.69) is 5.10 Å². The van der Waals surface area contributed by atoms with E-state index in [1.165, 1.54) is 28.6 Å². The van der Waals surface area contributed by atoms with Gasteiger partial charge in [-0.3, -0.25) is 0 Å². The molecular formula is C24H17F3N2O2S. The second-order valence-electron chi connectivity index (χ2n) is 6.82. The minimum atomic E-state index is -4.69. The molecule has 0 atom stereocenters. The van der Waals surface area contributed by atoms with Crippen LogP contribution in [0.2, 0.25) is 0 Å². The van der Waals surface area contributed by atoms with Crippen LogP contribution in [0.15, 0.2) is 94.7 Å². The third kappa shape index (κ3) is 4.55. The van der Waals surface area contributed by atoms with Gasteiger partial charge in [0, 0.05) is 4.90 Å². The molecule has 162 valence electrons. The van der Waals surface area contributed by atoms with Gasteiger partial charge in [0.05, 0.1) is 27.4 Å². The lowest BCUT2D eigenvalue weighted by molar-refractivity contribution is -0.138. The van der Waals surface area contributed by atoms with Gasteiger partial charge in [0.25, 0.3) is 0 Å². The number of ether oxygens (including phenoxy) is 1. The molecule has 4 nitrogen and oxygen atoms in total. The molecule has 0 amide bonds. The van der Waals surface area contributed by atoms with Gasteiger partial charge in [-0.25, -0.2) is 4.79 Å². The van der Waals surface area contributed by atoms with Crippen LogP contribution in [-0.2, 0) is 6.18 Å². The van der Waals surface area contributed by atoms with Gasteiger partial charge in [-0.1, -0.05) is 60.3 Å². The molecule has 0 saturated heterocycles. The quantitative estimate of drug-likeness (QED) is 0.320. The maximum absolute atomic E-state index is 13.4. The Balaban J connectivity index is 1.79. The smallest absolute Gasteiger partial charge is 0.402 e. The molecule has 0 N–H and O–H groups in total. The minimum absolute atomic E-state index is 0.0598. The first kappa shape index (κ1) is 21.7. The van der Waals surface area contributed by atoms with Crippen molar-refractivity contribution in [3.05, 3.63) is 102 Å². The Labute approximate surface area is 186 Å². The van der Waals surface area contributed by atoms with Crippen molar-refractivity contribution in [1.82, 2.24) is 9.78 Å². The Morgan fingerprint density at radius 1 is 0.906 bits per heavy atom. The number of hydrogen-bond donors (Lipinski definition) is 0. The fourth-order valence-electron chi connectivity index (χ4n) is 3.10. The number of aryl methyl sites for hydroxylation is 1. The monoisotopic (exact) mass is 454 g/mol. The molecule has 8 heteroatoms. The predicted molar refractivity (Wildman–Crippen MR) is 115 cm³/mol. The molecule has 32 heavy (non-hydrogen) atoms. The van der Waals surface area contributed by atoms with Crippen LogP contribution in [0.5, 0.6) is 5.88 Å². The SMILES string of the molecule is Cc1nn(-c2ccccc2)c(OC(=O)c2ccccc2C(F)(F)F)c1Sc1ccccc1. The van der Waals surface area contributed by atoms with Gasteiger partial charge in [-0.05, 0) is 43.3 Å². The van der Waals surface area contributed by atoms with Crippen LogP contribution in [0.25, 0.3) is 5.69 Å². The Kier molecular flexibility index (Phi) is 6.05. The number of rotatable bonds is 5. The molecule has 0 aliphatic rings. The largest absolute Gasteiger partial charge is 0.417 e. The van der Waals surface area contributed by atoms with Crippen LogP contribution >= 0.6 is 11.8 Å². The van der Waals surface area contributed by atoms with Crippen molar-refractivity contribution in [2.45, 2.75) is 22.9 Å². The van der Waals surface area contributed by atoms with Crippen LogP contribution in [0.4, 0.5) is 13.2 Å². The van der Waals surface area contributed by atoms with E-state index >= 15 is 0 Å². The van der Waals surface area contributed by atoms with E-state index in [-0.39, 0.29) is 5.88 Å². The number of para-hydroxylation sites is 1. The summed E-state index contributed by atoms with van der Waals surface area (Å²) in [5, 5.41) is 4.49. The number of esters is 1. The zero-order chi connectivity index (χ0) is 22.7. The second-order valence-corrected chi connectivity index (χ2v) is 7.90. The first-order valence-corrected chi connectivity index (χ1v) is 10.4. The van der Waals surface area contributed by atoms with E-state index in [1.54, 1.807) is 31.2 Å². The first-order valence-electron chi connectivity index (χ1n) is 9.61. The van der Waals surface area contributed by atoms with Crippen LogP contribution < -0.4 is 4.74 Å². The van der Waals surface area contributed by atoms with Crippen molar-refractivity contribution in [3.8, 4) is 11.6 Å². The zero-order valence-electron chi connectivity index (χ0n) is 16.8. The standard InChI is InChI=1S/C24H17F3N2O2S/c1-16-21(32-18-12-6-3-7-13-18)22(29(28-16)17-10-4-2-5-11-17)31-23(30)19-14-8-9-15-20(19)24(25,26)27/h2-15H,1H3. The maximum Gasteiger partial charge on any atom is 0.417 e. The summed E-state index contributed by atoms with van der Waals surface area (Å²) in [7, 11) is 0. The summed E-state index contributed by atoms with van der Waals surface area (Å²) in [6.07, 6.45) is -4.69. The number of carbonyl (C=O) groups is 1. The summed E-state index contributed by atoms with van der Waals surface area (Å²) in [6, 6.07) is 22.9. The molecule has 0 saturated carbocycles. The van der Waals surface area contributed by atoms with Gasteiger partial charge in [0.1, 0.15) is 0 Å². The summed E-state index contributed by atoms with van der Waals surface area (Å²) in [6.45, 7) is 1.76. The first-order chi connectivity index (χ1) is 15.3. The molecule has 0 radical (unpaired) electrons. The van der Waals surface area contributed by atoms with E-state index < -0.39 is 23.3 Å². The van der Waals surface area contributed by atoms with Gasteiger partial charge in [0.15, 0.2) is 0 Å². The van der Waals surface area contributed by atoms with Gasteiger partial charge < -0.3 is 4.74 Å². The molecule has 0 fully saturated rings. The molecule has 0 unspecified atom stereocenters. The minimum Gasteiger partial charge on any atom is -0.402 e. The fourth-order valence-corrected chi connectivity index (χ4v) is 4.03. The second kappa shape index (κ2) is 8.92. The Morgan fingerprint density at radius 3 is 2.16 bits per heavy atom. The number of halogens is 3. The molecule has 0 spiro atoms. The lowest BCUT2D eigenvalue weighted by Crippen LogP contribution is -2.18. The Morgan fingerprint density at radius 2 is 1.50 bits per heavy atom. The van der Waals surface area contributed by atoms with Gasteiger partial charge in [-0.2, -0.15) is 23.0 Å². The number of hydrogen-bond acceptors (Lipinski definition) is 4. The zero-order valence-corrected chi connectivity index (χ0v) is 17.7. The average molecular weight is 454 g/mol. The van der Waals surface area contributed by atoms with Crippen LogP contribution in [0.3, 0.4) is 0 Å². The third-order valence-corrected chi connectivity index (χ3v) is 5.75. The normalized spacial score (nSPS) is 11.4. The summed E-state index contributed by atoms with van der Waals surface area (Å²) >= 11 is 1.32. The molecular weight excluding hydrogens is 437 g/mol. The number of benzene rings is 3. The van der Waals surface area contributed by atoms with E-state index in [1.807, 2.05) is 36.4 Å². The molecule has 0 aliphatic heterocycles. The van der Waals surface area contributed by atoms with Crippen molar-refractivity contribution in [1.29, 1.82) is 0 Å². The van der Waals surface area contributed by atoms with Crippen LogP contribution in [-0.4, -0.2) is 15.7 Å². The molecule has 3 aromatic carbocycles. The molecule has 1 aromatic heterocycles. The van der Waals surface area contributed by atoms with Crippen molar-refractivity contribution < 1.29 is 22.7 Å². The summed E-state index contributed by atoms with van der Waals surface area (Å²) in [5.74, 6) is -1.05. The van der Waals surface area contributed by atoms with E-state index in [4.69, 9.17) is 4.74 Å². The summed E-state index contributed by atoms with van der Waals surface area (Å²) < 4.78 is 47.3. The van der Waals surface area contributed by atoms with Gasteiger partial charge in [0.2, 0.25) is 5.88 Å². The number of aromatic nitrogens is 2. The lowest BCUT2D eigenvalue weighted by atomic mass is 10.1. The number of alkyl halides is 3. The highest BCUT2D eigenvalue weighted by Gasteiger charge is 2.36. The molecule has 0 aliphatic carbocycles. The van der Waals surface area contributed by atoms with E-state index in [0.29, 0.717) is 16.3 Å². The average Bonchev–Trinajstić information content (AvgIpc) is 3.09. The maximum atomic E-state index is 13.4. The van der Waals surface area contributed by atoms with Crippen molar-refractivity contribution in [3.63, 3.8) is 0 Å². The van der Waals surface area contributed by atoms with Gasteiger partial charge >= 0.3 is 12.1 Å². The van der Waals surface area contributed by atoms with E-state index in [0.717, 1.165) is 17.0 Å². The Bertz CT molecular complexity index is 1240. The molecule has 0 bridgehead atoms. The van der Waals surface area contributed by atoms with Gasteiger partial charge in [-0.15, -0.1) is 0 Å². The fraction of sp³-hybridized carbons (Fsp3) is 0.0833. The van der Waals surface area contributed by atoms with Crippen molar-refractivity contribution in [2.24, 2.45) is 0 Å². The molecule has 4 rings (SSSR count). The van der Waals surface area contributed by atoms with Crippen molar-refractivity contribution >= 4 is 17.7 Å². The predicted octanol–water partition coefficient (Wildman–Crippen LogP) is 6.57. The number of carbonyl (C=O) groups excluding carboxylic acids is 1. The highest BCUT2D eigenvalue weighted by atomic mass is 32.2. The third-order valence-electron chi connectivity index (χ3n) is 4.57. The Hall–Kier alpha value is -3.52. The lowest BCUT2D eigenvalue weighted by Gasteiger charge is -2.13. The number of nitrogens with zero attached hydrogens (tertiary/aromatic N) is 2. The van der Waals surface area contributed by atoms with Crippen molar-refractivity contribution in [2.75, 3.05) is 0 Å². The molecule has 4 aromatic rings. The van der Waals surface area contributed by atoms with Crippen LogP contribution in [0.1, 0.15) is 21.6 Å². The summed E-state index contributed by atoms with van der Waals surface area (Å²) in [4.78, 5) is 14.3.